The van der Waals surface area contributed by atoms with Gasteiger partial charge in [-0.1, -0.05) is 18.0 Å². The summed E-state index contributed by atoms with van der Waals surface area (Å²) in [5.74, 6) is 0.160. The SMILES string of the molecule is O=C(CCc1nc(C2CCCC2)no1)Nc1ccc2oc(C(=O)O)cc2c1. The van der Waals surface area contributed by atoms with Gasteiger partial charge in [-0.15, -0.1) is 0 Å². The van der Waals surface area contributed by atoms with E-state index in [2.05, 4.69) is 15.5 Å². The number of carboxylic acids is 1. The van der Waals surface area contributed by atoms with E-state index in [1.165, 1.54) is 18.9 Å². The standard InChI is InChI=1S/C19H19N3O5/c23-16(7-8-17-21-18(22-27-17)11-3-1-2-4-11)20-13-5-6-14-12(9-13)10-15(26-14)19(24)25/h5-6,9-11H,1-4,7-8H2,(H,20,23)(H,24,25). The van der Waals surface area contributed by atoms with Crippen LogP contribution < -0.4 is 5.32 Å². The predicted octanol–water partition coefficient (Wildman–Crippen LogP) is 3.74. The number of furan rings is 1. The van der Waals surface area contributed by atoms with Crippen LogP contribution in [-0.2, 0) is 11.2 Å². The molecular formula is C19H19N3O5. The van der Waals surface area contributed by atoms with Crippen molar-refractivity contribution in [2.75, 3.05) is 5.32 Å². The van der Waals surface area contributed by atoms with Crippen LogP contribution in [0.15, 0.2) is 33.2 Å². The number of carbonyl (C=O) groups excluding carboxylic acids is 1. The molecule has 1 saturated carbocycles. The van der Waals surface area contributed by atoms with Crippen molar-refractivity contribution < 1.29 is 23.6 Å². The largest absolute Gasteiger partial charge is 0.475 e. The van der Waals surface area contributed by atoms with Crippen LogP contribution in [0.3, 0.4) is 0 Å². The normalized spacial score (nSPS) is 14.7. The van der Waals surface area contributed by atoms with E-state index in [0.29, 0.717) is 34.9 Å². The number of amides is 1. The number of hydrogen-bond acceptors (Lipinski definition) is 6. The first-order valence-corrected chi connectivity index (χ1v) is 8.98. The molecule has 0 aliphatic heterocycles. The molecule has 8 nitrogen and oxygen atoms in total. The molecular weight excluding hydrogens is 350 g/mol. The fourth-order valence-electron chi connectivity index (χ4n) is 3.39. The number of carbonyl (C=O) groups is 2. The van der Waals surface area contributed by atoms with E-state index >= 15 is 0 Å². The minimum atomic E-state index is -1.13. The summed E-state index contributed by atoms with van der Waals surface area (Å²) in [4.78, 5) is 27.5. The van der Waals surface area contributed by atoms with E-state index in [-0.39, 0.29) is 18.1 Å². The molecule has 1 aliphatic rings. The first kappa shape index (κ1) is 17.3. The Kier molecular flexibility index (Phi) is 4.62. The molecule has 2 heterocycles. The molecule has 8 heteroatoms. The molecule has 1 fully saturated rings. The van der Waals surface area contributed by atoms with Crippen LogP contribution in [-0.4, -0.2) is 27.1 Å². The number of rotatable bonds is 6. The van der Waals surface area contributed by atoms with Crippen LogP contribution in [0.1, 0.15) is 60.3 Å². The second-order valence-corrected chi connectivity index (χ2v) is 6.74. The Hall–Kier alpha value is -3.16. The molecule has 1 aromatic carbocycles. The topological polar surface area (TPSA) is 118 Å². The lowest BCUT2D eigenvalue weighted by Gasteiger charge is -2.04. The Morgan fingerprint density at radius 1 is 1.22 bits per heavy atom. The molecule has 0 unspecified atom stereocenters. The summed E-state index contributed by atoms with van der Waals surface area (Å²) in [6.07, 6.45) is 5.19. The first-order valence-electron chi connectivity index (χ1n) is 8.98. The van der Waals surface area contributed by atoms with E-state index in [4.69, 9.17) is 14.0 Å². The van der Waals surface area contributed by atoms with Crippen molar-refractivity contribution in [2.45, 2.75) is 44.4 Å². The van der Waals surface area contributed by atoms with E-state index < -0.39 is 5.97 Å². The molecule has 27 heavy (non-hydrogen) atoms. The number of benzene rings is 1. The van der Waals surface area contributed by atoms with Gasteiger partial charge >= 0.3 is 5.97 Å². The Balaban J connectivity index is 1.35. The lowest BCUT2D eigenvalue weighted by atomic mass is 10.1. The van der Waals surface area contributed by atoms with E-state index in [1.807, 2.05) is 0 Å². The molecule has 4 rings (SSSR count). The van der Waals surface area contributed by atoms with Crippen LogP contribution in [0.25, 0.3) is 11.0 Å². The molecule has 0 saturated heterocycles. The minimum Gasteiger partial charge on any atom is -0.475 e. The summed E-state index contributed by atoms with van der Waals surface area (Å²) in [5, 5.41) is 16.4. The van der Waals surface area contributed by atoms with Crippen molar-refractivity contribution in [3.63, 3.8) is 0 Å². The quantitative estimate of drug-likeness (QED) is 0.679. The molecule has 2 N–H and O–H groups in total. The molecule has 1 aliphatic carbocycles. The van der Waals surface area contributed by atoms with Crippen molar-refractivity contribution in [1.82, 2.24) is 10.1 Å². The second-order valence-electron chi connectivity index (χ2n) is 6.74. The van der Waals surface area contributed by atoms with Gasteiger partial charge < -0.3 is 19.4 Å². The van der Waals surface area contributed by atoms with Gasteiger partial charge in [0.15, 0.2) is 5.82 Å². The Morgan fingerprint density at radius 2 is 2.04 bits per heavy atom. The van der Waals surface area contributed by atoms with Crippen molar-refractivity contribution in [3.05, 3.63) is 41.7 Å². The van der Waals surface area contributed by atoms with Crippen molar-refractivity contribution >= 4 is 28.5 Å². The van der Waals surface area contributed by atoms with Gasteiger partial charge in [-0.05, 0) is 37.1 Å². The third-order valence-corrected chi connectivity index (χ3v) is 4.78. The molecule has 0 spiro atoms. The fraction of sp³-hybridized carbons (Fsp3) is 0.368. The average Bonchev–Trinajstić information content (AvgIpc) is 3.38. The van der Waals surface area contributed by atoms with E-state index in [9.17, 15) is 9.59 Å². The third kappa shape index (κ3) is 3.84. The van der Waals surface area contributed by atoms with Gasteiger partial charge in [0, 0.05) is 29.8 Å². The van der Waals surface area contributed by atoms with Crippen LogP contribution in [0, 0.1) is 0 Å². The molecule has 0 atom stereocenters. The van der Waals surface area contributed by atoms with Gasteiger partial charge in [0.25, 0.3) is 0 Å². The highest BCUT2D eigenvalue weighted by Crippen LogP contribution is 2.32. The third-order valence-electron chi connectivity index (χ3n) is 4.78. The number of aromatic carboxylic acids is 1. The van der Waals surface area contributed by atoms with Crippen LogP contribution in [0.2, 0.25) is 0 Å². The maximum absolute atomic E-state index is 12.2. The van der Waals surface area contributed by atoms with Gasteiger partial charge in [-0.25, -0.2) is 4.79 Å². The van der Waals surface area contributed by atoms with Gasteiger partial charge in [0.1, 0.15) is 5.58 Å². The molecule has 2 aromatic heterocycles. The van der Waals surface area contributed by atoms with E-state index in [0.717, 1.165) is 18.7 Å². The molecule has 1 amide bonds. The Labute approximate surface area is 154 Å². The average molecular weight is 369 g/mol. The number of hydrogen-bond donors (Lipinski definition) is 2. The number of carboxylic acid groups (broad SMARTS) is 1. The van der Waals surface area contributed by atoms with Gasteiger partial charge in [-0.2, -0.15) is 4.98 Å². The summed E-state index contributed by atoms with van der Waals surface area (Å²) < 4.78 is 10.5. The lowest BCUT2D eigenvalue weighted by Crippen LogP contribution is -2.12. The summed E-state index contributed by atoms with van der Waals surface area (Å²) in [6, 6.07) is 6.40. The zero-order valence-corrected chi connectivity index (χ0v) is 14.6. The molecule has 0 radical (unpaired) electrons. The first-order chi connectivity index (χ1) is 13.1. The van der Waals surface area contributed by atoms with Crippen LogP contribution in [0.5, 0.6) is 0 Å². The minimum absolute atomic E-state index is 0.136. The van der Waals surface area contributed by atoms with Crippen LogP contribution in [0.4, 0.5) is 5.69 Å². The fourth-order valence-corrected chi connectivity index (χ4v) is 3.39. The maximum atomic E-state index is 12.2. The molecule has 0 bridgehead atoms. The summed E-state index contributed by atoms with van der Waals surface area (Å²) >= 11 is 0. The van der Waals surface area contributed by atoms with Crippen molar-refractivity contribution in [1.29, 1.82) is 0 Å². The highest BCUT2D eigenvalue weighted by molar-refractivity contribution is 5.96. The van der Waals surface area contributed by atoms with E-state index in [1.54, 1.807) is 18.2 Å². The predicted molar refractivity (Wildman–Crippen MR) is 95.6 cm³/mol. The zero-order valence-electron chi connectivity index (χ0n) is 14.6. The highest BCUT2D eigenvalue weighted by atomic mass is 16.5. The Bertz CT molecular complexity index is 984. The number of nitrogens with zero attached hydrogens (tertiary/aromatic N) is 2. The van der Waals surface area contributed by atoms with Gasteiger partial charge in [0.05, 0.1) is 0 Å². The number of aromatic nitrogens is 2. The number of fused-ring (bicyclic) bond motifs is 1. The summed E-state index contributed by atoms with van der Waals surface area (Å²) in [7, 11) is 0. The van der Waals surface area contributed by atoms with Crippen molar-refractivity contribution in [3.8, 4) is 0 Å². The summed E-state index contributed by atoms with van der Waals surface area (Å²) in [6.45, 7) is 0. The summed E-state index contributed by atoms with van der Waals surface area (Å²) in [5.41, 5.74) is 1.03. The van der Waals surface area contributed by atoms with Crippen LogP contribution >= 0.6 is 0 Å². The lowest BCUT2D eigenvalue weighted by molar-refractivity contribution is -0.116. The number of nitrogens with one attached hydrogen (secondary N) is 1. The van der Waals surface area contributed by atoms with Crippen molar-refractivity contribution in [2.24, 2.45) is 0 Å². The zero-order chi connectivity index (χ0) is 18.8. The highest BCUT2D eigenvalue weighted by Gasteiger charge is 2.22. The maximum Gasteiger partial charge on any atom is 0.371 e. The Morgan fingerprint density at radius 3 is 2.81 bits per heavy atom. The second kappa shape index (κ2) is 7.22. The molecule has 3 aromatic rings. The van der Waals surface area contributed by atoms with Gasteiger partial charge in [-0.3, -0.25) is 4.79 Å². The monoisotopic (exact) mass is 369 g/mol. The smallest absolute Gasteiger partial charge is 0.371 e. The number of aryl methyl sites for hydroxylation is 1. The number of anilines is 1. The van der Waals surface area contributed by atoms with Gasteiger partial charge in [0.2, 0.25) is 17.6 Å². The molecule has 140 valence electrons.